The van der Waals surface area contributed by atoms with Crippen LogP contribution in [0.1, 0.15) is 30.6 Å². The molecule has 6 heteroatoms. The molecule has 0 saturated heterocycles. The van der Waals surface area contributed by atoms with Crippen molar-refractivity contribution >= 4 is 0 Å². The highest BCUT2D eigenvalue weighted by Gasteiger charge is 2.07. The maximum atomic E-state index is 11.9. The molecule has 0 bridgehead atoms. The van der Waals surface area contributed by atoms with E-state index in [1.165, 1.54) is 0 Å². The summed E-state index contributed by atoms with van der Waals surface area (Å²) in [6, 6.07) is 1.98. The SMILES string of the molecule is CCC(N)Cc1cc(C)nc(CCOCC(F)F)n1. The van der Waals surface area contributed by atoms with Gasteiger partial charge in [-0.3, -0.25) is 0 Å². The molecule has 4 nitrogen and oxygen atoms in total. The standard InChI is InChI=1S/C13H21F2N3O/c1-3-10(16)7-11-6-9(2)17-13(18-11)4-5-19-8-12(14)15/h6,10,12H,3-5,7-8,16H2,1-2H3. The van der Waals surface area contributed by atoms with Crippen LogP contribution in [0.15, 0.2) is 6.07 Å². The predicted octanol–water partition coefficient (Wildman–Crippen LogP) is 1.89. The molecule has 1 aromatic heterocycles. The molecule has 19 heavy (non-hydrogen) atoms. The van der Waals surface area contributed by atoms with Gasteiger partial charge in [-0.2, -0.15) is 0 Å². The number of aromatic nitrogens is 2. The number of alkyl halides is 2. The van der Waals surface area contributed by atoms with Crippen LogP contribution in [0.4, 0.5) is 8.78 Å². The predicted molar refractivity (Wildman–Crippen MR) is 69.3 cm³/mol. The summed E-state index contributed by atoms with van der Waals surface area (Å²) < 4.78 is 28.6. The van der Waals surface area contributed by atoms with E-state index in [2.05, 4.69) is 9.97 Å². The Morgan fingerprint density at radius 2 is 2.11 bits per heavy atom. The largest absolute Gasteiger partial charge is 0.375 e. The lowest BCUT2D eigenvalue weighted by atomic mass is 10.1. The Morgan fingerprint density at radius 3 is 2.74 bits per heavy atom. The first-order valence-corrected chi connectivity index (χ1v) is 6.46. The third-order valence-electron chi connectivity index (χ3n) is 2.66. The first-order chi connectivity index (χ1) is 9.01. The zero-order chi connectivity index (χ0) is 14.3. The quantitative estimate of drug-likeness (QED) is 0.735. The maximum absolute atomic E-state index is 11.9. The van der Waals surface area contributed by atoms with Crippen molar-refractivity contribution in [2.75, 3.05) is 13.2 Å². The van der Waals surface area contributed by atoms with Crippen LogP contribution in [0, 0.1) is 6.92 Å². The fourth-order valence-electron chi connectivity index (χ4n) is 1.67. The first-order valence-electron chi connectivity index (χ1n) is 6.46. The van der Waals surface area contributed by atoms with Gasteiger partial charge < -0.3 is 10.5 Å². The van der Waals surface area contributed by atoms with Gasteiger partial charge in [0.1, 0.15) is 12.4 Å². The van der Waals surface area contributed by atoms with Gasteiger partial charge >= 0.3 is 0 Å². The van der Waals surface area contributed by atoms with Crippen molar-refractivity contribution in [1.82, 2.24) is 9.97 Å². The Kier molecular flexibility index (Phi) is 6.80. The second-order valence-electron chi connectivity index (χ2n) is 4.51. The van der Waals surface area contributed by atoms with Gasteiger partial charge in [0.15, 0.2) is 0 Å². The van der Waals surface area contributed by atoms with E-state index in [4.69, 9.17) is 10.5 Å². The molecule has 1 aromatic rings. The molecule has 1 unspecified atom stereocenters. The van der Waals surface area contributed by atoms with E-state index < -0.39 is 13.0 Å². The van der Waals surface area contributed by atoms with Gasteiger partial charge in [-0.25, -0.2) is 18.7 Å². The Balaban J connectivity index is 2.53. The van der Waals surface area contributed by atoms with Crippen LogP contribution in [0.2, 0.25) is 0 Å². The zero-order valence-corrected chi connectivity index (χ0v) is 11.4. The molecule has 0 aliphatic carbocycles. The lowest BCUT2D eigenvalue weighted by molar-refractivity contribution is 0.0182. The number of halogens is 2. The highest BCUT2D eigenvalue weighted by molar-refractivity contribution is 5.11. The van der Waals surface area contributed by atoms with E-state index in [9.17, 15) is 8.78 Å². The molecular weight excluding hydrogens is 252 g/mol. The first kappa shape index (κ1) is 15.9. The van der Waals surface area contributed by atoms with Crippen LogP contribution >= 0.6 is 0 Å². The minimum absolute atomic E-state index is 0.0808. The lowest BCUT2D eigenvalue weighted by Gasteiger charge is -2.10. The second kappa shape index (κ2) is 8.12. The van der Waals surface area contributed by atoms with Crippen LogP contribution < -0.4 is 5.73 Å². The topological polar surface area (TPSA) is 61.0 Å². The van der Waals surface area contributed by atoms with Crippen LogP contribution in [-0.4, -0.2) is 35.6 Å². The Bertz CT molecular complexity index is 388. The molecule has 0 aliphatic rings. The highest BCUT2D eigenvalue weighted by Crippen LogP contribution is 2.06. The monoisotopic (exact) mass is 273 g/mol. The van der Waals surface area contributed by atoms with E-state index in [1.54, 1.807) is 0 Å². The Labute approximate surface area is 112 Å². The summed E-state index contributed by atoms with van der Waals surface area (Å²) in [7, 11) is 0. The van der Waals surface area contributed by atoms with Crippen LogP contribution in [0.25, 0.3) is 0 Å². The van der Waals surface area contributed by atoms with E-state index in [0.29, 0.717) is 18.7 Å². The number of rotatable bonds is 8. The van der Waals surface area contributed by atoms with Crippen molar-refractivity contribution in [3.63, 3.8) is 0 Å². The van der Waals surface area contributed by atoms with Gasteiger partial charge in [-0.05, 0) is 19.4 Å². The summed E-state index contributed by atoms with van der Waals surface area (Å²) in [4.78, 5) is 8.64. The van der Waals surface area contributed by atoms with Gasteiger partial charge in [0.2, 0.25) is 0 Å². The van der Waals surface area contributed by atoms with Crippen LogP contribution in [0.5, 0.6) is 0 Å². The number of nitrogens with two attached hydrogens (primary N) is 1. The van der Waals surface area contributed by atoms with E-state index in [-0.39, 0.29) is 12.6 Å². The molecule has 108 valence electrons. The van der Waals surface area contributed by atoms with E-state index >= 15 is 0 Å². The van der Waals surface area contributed by atoms with E-state index in [0.717, 1.165) is 17.8 Å². The fourth-order valence-corrected chi connectivity index (χ4v) is 1.67. The molecule has 0 amide bonds. The van der Waals surface area contributed by atoms with Gasteiger partial charge in [0, 0.05) is 30.3 Å². The molecule has 0 radical (unpaired) electrons. The van der Waals surface area contributed by atoms with Crippen LogP contribution in [0.3, 0.4) is 0 Å². The molecule has 1 heterocycles. The smallest absolute Gasteiger partial charge is 0.261 e. The Morgan fingerprint density at radius 1 is 1.37 bits per heavy atom. The van der Waals surface area contributed by atoms with Crippen molar-refractivity contribution in [2.45, 2.75) is 45.6 Å². The van der Waals surface area contributed by atoms with Gasteiger partial charge in [0.25, 0.3) is 6.43 Å². The third kappa shape index (κ3) is 6.54. The summed E-state index contributed by atoms with van der Waals surface area (Å²) in [5.74, 6) is 0.618. The van der Waals surface area contributed by atoms with Crippen molar-refractivity contribution in [3.8, 4) is 0 Å². The molecule has 0 aliphatic heterocycles. The minimum Gasteiger partial charge on any atom is -0.375 e. The van der Waals surface area contributed by atoms with Crippen molar-refractivity contribution in [1.29, 1.82) is 0 Å². The van der Waals surface area contributed by atoms with Crippen LogP contribution in [-0.2, 0) is 17.6 Å². The summed E-state index contributed by atoms with van der Waals surface area (Å²) in [6.07, 6.45) is -0.416. The molecule has 0 aromatic carbocycles. The Hall–Kier alpha value is -1.14. The molecule has 1 rings (SSSR count). The maximum Gasteiger partial charge on any atom is 0.261 e. The number of nitrogens with zero attached hydrogens (tertiary/aromatic N) is 2. The number of hydrogen-bond donors (Lipinski definition) is 1. The molecular formula is C13H21F2N3O. The third-order valence-corrected chi connectivity index (χ3v) is 2.66. The second-order valence-corrected chi connectivity index (χ2v) is 4.51. The van der Waals surface area contributed by atoms with Crippen molar-refractivity contribution in [2.24, 2.45) is 5.73 Å². The zero-order valence-electron chi connectivity index (χ0n) is 11.4. The van der Waals surface area contributed by atoms with Gasteiger partial charge in [0.05, 0.1) is 6.61 Å². The molecule has 0 saturated carbocycles. The van der Waals surface area contributed by atoms with Gasteiger partial charge in [-0.1, -0.05) is 6.92 Å². The average Bonchev–Trinajstić information content (AvgIpc) is 2.33. The highest BCUT2D eigenvalue weighted by atomic mass is 19.3. The van der Waals surface area contributed by atoms with Crippen molar-refractivity contribution < 1.29 is 13.5 Å². The summed E-state index contributed by atoms with van der Waals surface area (Å²) in [5.41, 5.74) is 7.64. The van der Waals surface area contributed by atoms with E-state index in [1.807, 2.05) is 19.9 Å². The molecule has 0 fully saturated rings. The molecule has 0 spiro atoms. The lowest BCUT2D eigenvalue weighted by Crippen LogP contribution is -2.22. The summed E-state index contributed by atoms with van der Waals surface area (Å²) >= 11 is 0. The normalized spacial score (nSPS) is 12.9. The average molecular weight is 273 g/mol. The summed E-state index contributed by atoms with van der Waals surface area (Å²) in [6.45, 7) is 3.57. The molecule has 1 atom stereocenters. The van der Waals surface area contributed by atoms with Crippen molar-refractivity contribution in [3.05, 3.63) is 23.3 Å². The number of ether oxygens (including phenoxy) is 1. The molecule has 2 N–H and O–H groups in total. The fraction of sp³-hybridized carbons (Fsp3) is 0.692. The van der Waals surface area contributed by atoms with Gasteiger partial charge in [-0.15, -0.1) is 0 Å². The number of aryl methyl sites for hydroxylation is 1. The number of hydrogen-bond acceptors (Lipinski definition) is 4. The summed E-state index contributed by atoms with van der Waals surface area (Å²) in [5, 5.41) is 0. The minimum atomic E-state index is -2.43.